The molecule has 0 fully saturated rings. The molecule has 0 atom stereocenters. The number of fused-ring (bicyclic) bond motifs is 1. The van der Waals surface area contributed by atoms with Crippen LogP contribution in [0, 0.1) is 0 Å². The summed E-state index contributed by atoms with van der Waals surface area (Å²) >= 11 is 1.49. The van der Waals surface area contributed by atoms with Gasteiger partial charge in [0, 0.05) is 12.3 Å². The van der Waals surface area contributed by atoms with Gasteiger partial charge in [-0.3, -0.25) is 4.79 Å². The lowest BCUT2D eigenvalue weighted by Gasteiger charge is -2.06. The van der Waals surface area contributed by atoms with Crippen molar-refractivity contribution in [3.63, 3.8) is 0 Å². The molecule has 0 unspecified atom stereocenters. The first-order valence-corrected chi connectivity index (χ1v) is 6.39. The molecule has 3 aromatic heterocycles. The van der Waals surface area contributed by atoms with E-state index in [-0.39, 0.29) is 12.1 Å². The summed E-state index contributed by atoms with van der Waals surface area (Å²) in [5.41, 5.74) is 2.35. The van der Waals surface area contributed by atoms with Crippen molar-refractivity contribution >= 4 is 27.4 Å². The zero-order valence-electron chi connectivity index (χ0n) is 9.78. The molecule has 0 aliphatic carbocycles. The molecule has 96 valence electrons. The maximum Gasteiger partial charge on any atom is 0.267 e. The third kappa shape index (κ3) is 2.18. The maximum absolute atomic E-state index is 11.6. The monoisotopic (exact) mass is 274 g/mol. The minimum absolute atomic E-state index is 0.195. The number of hydrogen-bond donors (Lipinski definition) is 2. The number of nitrogens with one attached hydrogen (secondary N) is 1. The number of thiophene rings is 1. The average molecular weight is 274 g/mol. The number of nitrogens with two attached hydrogens (primary N) is 1. The molecule has 7 nitrogen and oxygen atoms in total. The molecule has 3 heterocycles. The molecule has 0 aliphatic rings. The molecule has 0 radical (unpaired) electrons. The number of hydrazine groups is 1. The smallest absolute Gasteiger partial charge is 0.267 e. The van der Waals surface area contributed by atoms with Crippen LogP contribution in [0.2, 0.25) is 0 Å². The van der Waals surface area contributed by atoms with Gasteiger partial charge < -0.3 is 5.43 Å². The van der Waals surface area contributed by atoms with E-state index in [1.165, 1.54) is 22.1 Å². The topological polar surface area (TPSA) is 98.7 Å². The van der Waals surface area contributed by atoms with Gasteiger partial charge in [-0.05, 0) is 17.5 Å². The normalized spacial score (nSPS) is 10.8. The highest BCUT2D eigenvalue weighted by Crippen LogP contribution is 2.24. The largest absolute Gasteiger partial charge is 0.308 e. The first-order valence-electron chi connectivity index (χ1n) is 5.51. The highest BCUT2D eigenvalue weighted by atomic mass is 32.1. The van der Waals surface area contributed by atoms with E-state index in [4.69, 9.17) is 5.84 Å². The molecule has 3 rings (SSSR count). The molecule has 19 heavy (non-hydrogen) atoms. The molecule has 0 amide bonds. The van der Waals surface area contributed by atoms with Gasteiger partial charge in [0.1, 0.15) is 11.4 Å². The Balaban J connectivity index is 2.06. The van der Waals surface area contributed by atoms with Crippen LogP contribution in [0.1, 0.15) is 5.82 Å². The van der Waals surface area contributed by atoms with Gasteiger partial charge in [0.25, 0.3) is 5.56 Å². The minimum atomic E-state index is -0.195. The molecular formula is C11H10N6OS. The molecule has 3 aromatic rings. The fourth-order valence-electron chi connectivity index (χ4n) is 1.72. The number of nitrogen functional groups attached to an aromatic ring is 1. The maximum atomic E-state index is 11.6. The SMILES string of the molecule is NNc1nc(Cn2ncccc2=O)nc2sccc12. The predicted molar refractivity (Wildman–Crippen MR) is 72.8 cm³/mol. The van der Waals surface area contributed by atoms with Crippen LogP contribution in [0.4, 0.5) is 5.82 Å². The Bertz CT molecular complexity index is 780. The van der Waals surface area contributed by atoms with Crippen LogP contribution in [-0.4, -0.2) is 19.7 Å². The van der Waals surface area contributed by atoms with E-state index < -0.39 is 0 Å². The van der Waals surface area contributed by atoms with Crippen LogP contribution >= 0.6 is 11.3 Å². The predicted octanol–water partition coefficient (Wildman–Crippen LogP) is 0.582. The zero-order valence-corrected chi connectivity index (χ0v) is 10.6. The summed E-state index contributed by atoms with van der Waals surface area (Å²) in [5, 5.41) is 6.75. The van der Waals surface area contributed by atoms with Crippen LogP contribution in [-0.2, 0) is 6.54 Å². The van der Waals surface area contributed by atoms with Gasteiger partial charge >= 0.3 is 0 Å². The Kier molecular flexibility index (Phi) is 2.94. The standard InChI is InChI=1S/C11H10N6OS/c12-16-10-7-3-5-19-11(7)15-8(14-10)6-17-9(18)2-1-4-13-17/h1-5H,6,12H2,(H,14,15,16). The summed E-state index contributed by atoms with van der Waals surface area (Å²) < 4.78 is 1.30. The summed E-state index contributed by atoms with van der Waals surface area (Å²) in [6.07, 6.45) is 1.55. The van der Waals surface area contributed by atoms with E-state index in [1.807, 2.05) is 11.4 Å². The first kappa shape index (κ1) is 11.8. The third-order valence-electron chi connectivity index (χ3n) is 2.58. The van der Waals surface area contributed by atoms with Crippen molar-refractivity contribution in [2.75, 3.05) is 5.43 Å². The Morgan fingerprint density at radius 3 is 3.05 bits per heavy atom. The van der Waals surface area contributed by atoms with E-state index in [0.29, 0.717) is 11.6 Å². The van der Waals surface area contributed by atoms with Crippen molar-refractivity contribution < 1.29 is 0 Å². The summed E-state index contributed by atoms with van der Waals surface area (Å²) in [5.74, 6) is 6.48. The Hall–Kier alpha value is -2.32. The van der Waals surface area contributed by atoms with E-state index in [1.54, 1.807) is 12.3 Å². The van der Waals surface area contributed by atoms with Gasteiger partial charge in [-0.1, -0.05) is 0 Å². The molecule has 0 saturated heterocycles. The molecule has 0 saturated carbocycles. The molecule has 0 aromatic carbocycles. The highest BCUT2D eigenvalue weighted by Gasteiger charge is 2.09. The molecule has 0 aliphatic heterocycles. The highest BCUT2D eigenvalue weighted by molar-refractivity contribution is 7.16. The second kappa shape index (κ2) is 4.75. The minimum Gasteiger partial charge on any atom is -0.308 e. The second-order valence-electron chi connectivity index (χ2n) is 3.79. The van der Waals surface area contributed by atoms with Crippen molar-refractivity contribution in [1.29, 1.82) is 0 Å². The number of rotatable bonds is 3. The summed E-state index contributed by atoms with van der Waals surface area (Å²) in [6, 6.07) is 4.93. The van der Waals surface area contributed by atoms with Gasteiger partial charge in [0.05, 0.1) is 5.39 Å². The van der Waals surface area contributed by atoms with Crippen LogP contribution in [0.5, 0.6) is 0 Å². The van der Waals surface area contributed by atoms with Gasteiger partial charge in [0.2, 0.25) is 0 Å². The van der Waals surface area contributed by atoms with Crippen LogP contribution in [0.25, 0.3) is 10.2 Å². The molecule has 0 spiro atoms. The number of nitrogens with zero attached hydrogens (tertiary/aromatic N) is 4. The first-order chi connectivity index (χ1) is 9.28. The van der Waals surface area contributed by atoms with Crippen LogP contribution in [0.15, 0.2) is 34.6 Å². The van der Waals surface area contributed by atoms with E-state index in [0.717, 1.165) is 10.2 Å². The van der Waals surface area contributed by atoms with Gasteiger partial charge in [-0.25, -0.2) is 20.5 Å². The third-order valence-corrected chi connectivity index (χ3v) is 3.39. The van der Waals surface area contributed by atoms with Crippen molar-refractivity contribution in [3.05, 3.63) is 46.0 Å². The Labute approximate surface area is 111 Å². The van der Waals surface area contributed by atoms with Crippen molar-refractivity contribution in [2.24, 2.45) is 5.84 Å². The fraction of sp³-hybridized carbons (Fsp3) is 0.0909. The summed E-state index contributed by atoms with van der Waals surface area (Å²) in [7, 11) is 0. The molecular weight excluding hydrogens is 264 g/mol. The fourth-order valence-corrected chi connectivity index (χ4v) is 2.50. The van der Waals surface area contributed by atoms with Crippen LogP contribution in [0.3, 0.4) is 0 Å². The second-order valence-corrected chi connectivity index (χ2v) is 4.69. The van der Waals surface area contributed by atoms with Gasteiger partial charge in [0.15, 0.2) is 11.6 Å². The van der Waals surface area contributed by atoms with Crippen molar-refractivity contribution in [2.45, 2.75) is 6.54 Å². The van der Waals surface area contributed by atoms with E-state index >= 15 is 0 Å². The summed E-state index contributed by atoms with van der Waals surface area (Å²) in [4.78, 5) is 21.1. The number of aromatic nitrogens is 4. The quantitative estimate of drug-likeness (QED) is 0.535. The lowest BCUT2D eigenvalue weighted by atomic mass is 10.4. The van der Waals surface area contributed by atoms with Crippen molar-refractivity contribution in [1.82, 2.24) is 19.7 Å². The zero-order chi connectivity index (χ0) is 13.2. The van der Waals surface area contributed by atoms with Crippen LogP contribution < -0.4 is 16.8 Å². The number of anilines is 1. The van der Waals surface area contributed by atoms with E-state index in [9.17, 15) is 4.79 Å². The van der Waals surface area contributed by atoms with E-state index in [2.05, 4.69) is 20.5 Å². The van der Waals surface area contributed by atoms with Crippen molar-refractivity contribution in [3.8, 4) is 0 Å². The lowest BCUT2D eigenvalue weighted by molar-refractivity contribution is 0.617. The number of hydrogen-bond acceptors (Lipinski definition) is 7. The summed E-state index contributed by atoms with van der Waals surface area (Å²) in [6.45, 7) is 0.211. The Morgan fingerprint density at radius 1 is 1.37 bits per heavy atom. The Morgan fingerprint density at radius 2 is 2.26 bits per heavy atom. The molecule has 0 bridgehead atoms. The lowest BCUT2D eigenvalue weighted by Crippen LogP contribution is -2.23. The average Bonchev–Trinajstić information content (AvgIpc) is 2.89. The molecule has 3 N–H and O–H groups in total. The van der Waals surface area contributed by atoms with Gasteiger partial charge in [-0.15, -0.1) is 11.3 Å². The van der Waals surface area contributed by atoms with Gasteiger partial charge in [-0.2, -0.15) is 5.10 Å². The molecule has 8 heteroatoms.